The molecule has 11 aromatic rings. The van der Waals surface area contributed by atoms with E-state index in [4.69, 9.17) is 0 Å². The van der Waals surface area contributed by atoms with Crippen LogP contribution in [0.2, 0.25) is 0 Å². The first-order chi connectivity index (χ1) is 31.4. The Kier molecular flexibility index (Phi) is 9.78. The van der Waals surface area contributed by atoms with Crippen LogP contribution in [-0.4, -0.2) is 4.57 Å². The Balaban J connectivity index is 1.09. The molecule has 0 unspecified atom stereocenters. The quantitative estimate of drug-likeness (QED) is 0.148. The van der Waals surface area contributed by atoms with Gasteiger partial charge < -0.3 is 9.47 Å². The Bertz CT molecular complexity index is 3370. The van der Waals surface area contributed by atoms with Gasteiger partial charge in [-0.1, -0.05) is 194 Å². The van der Waals surface area contributed by atoms with Gasteiger partial charge in [0.15, 0.2) is 0 Å². The van der Waals surface area contributed by atoms with Crippen LogP contribution in [0.15, 0.2) is 237 Å². The van der Waals surface area contributed by atoms with Gasteiger partial charge in [0.1, 0.15) is 0 Å². The van der Waals surface area contributed by atoms with Crippen molar-refractivity contribution in [1.82, 2.24) is 4.57 Å². The maximum Gasteiger partial charge on any atom is 0.0517 e. The summed E-state index contributed by atoms with van der Waals surface area (Å²) in [7, 11) is 0. The first-order valence-electron chi connectivity index (χ1n) is 22.3. The van der Waals surface area contributed by atoms with E-state index in [1.54, 1.807) is 0 Å². The van der Waals surface area contributed by atoms with Crippen molar-refractivity contribution in [3.8, 4) is 55.6 Å². The molecule has 0 bridgehead atoms. The lowest BCUT2D eigenvalue weighted by atomic mass is 9.87. The number of benzene rings is 10. The fraction of sp³-hybridized carbons (Fsp3) is 0.0645. The summed E-state index contributed by atoms with van der Waals surface area (Å²) in [6, 6.07) is 86.4. The number of nitrogens with zero attached hydrogens (tertiary/aromatic N) is 2. The monoisotopic (exact) mass is 820 g/mol. The molecule has 0 saturated heterocycles. The SMILES string of the molecule is CC(C)(C)n1c2ccccc2c2ccc(N(c3ccc(-c4c(-c5ccccc5)cccc4-c4ccccc4)cc3)c3ccc(-c4c(-c5ccccc5)ccc5ccccc45)cc3)cc21. The summed E-state index contributed by atoms with van der Waals surface area (Å²) in [5.41, 5.74) is 17.7. The van der Waals surface area contributed by atoms with Gasteiger partial charge in [-0.3, -0.25) is 0 Å². The van der Waals surface area contributed by atoms with E-state index in [0.717, 1.165) is 17.1 Å². The molecular weight excluding hydrogens is 773 g/mol. The zero-order valence-electron chi connectivity index (χ0n) is 36.4. The number of aromatic nitrogens is 1. The maximum atomic E-state index is 2.50. The van der Waals surface area contributed by atoms with Gasteiger partial charge in [0, 0.05) is 38.9 Å². The largest absolute Gasteiger partial charge is 0.335 e. The zero-order valence-corrected chi connectivity index (χ0v) is 36.4. The average molecular weight is 821 g/mol. The standard InChI is InChI=1S/C62H48N2/c1-62(2,3)64-58-29-16-15-26-56(58)57-41-39-51(42-59(57)64)63(50-37-32-48(33-38-50)61-52-25-14-13-24-46(52)34-40-55(61)45-22-11-6-12-23-45)49-35-30-47(31-36-49)60-53(43-18-7-4-8-19-43)27-17-28-54(60)44-20-9-5-10-21-44/h4-42H,1-3H3. The van der Waals surface area contributed by atoms with Crippen molar-refractivity contribution in [1.29, 1.82) is 0 Å². The Morgan fingerprint density at radius 2 is 0.766 bits per heavy atom. The zero-order chi connectivity index (χ0) is 43.2. The van der Waals surface area contributed by atoms with E-state index in [9.17, 15) is 0 Å². The van der Waals surface area contributed by atoms with Gasteiger partial charge in [-0.2, -0.15) is 0 Å². The molecule has 1 aromatic heterocycles. The van der Waals surface area contributed by atoms with Crippen LogP contribution >= 0.6 is 0 Å². The number of fused-ring (bicyclic) bond motifs is 4. The Morgan fingerprint density at radius 1 is 0.312 bits per heavy atom. The van der Waals surface area contributed by atoms with Crippen molar-refractivity contribution in [2.75, 3.05) is 4.90 Å². The summed E-state index contributed by atoms with van der Waals surface area (Å²) in [6.45, 7) is 6.90. The second kappa shape index (κ2) is 16.1. The molecule has 0 amide bonds. The van der Waals surface area contributed by atoms with Crippen LogP contribution in [-0.2, 0) is 5.54 Å². The van der Waals surface area contributed by atoms with Gasteiger partial charge in [-0.15, -0.1) is 0 Å². The van der Waals surface area contributed by atoms with Gasteiger partial charge in [-0.05, 0) is 130 Å². The molecule has 11 rings (SSSR count). The van der Waals surface area contributed by atoms with E-state index < -0.39 is 0 Å². The minimum Gasteiger partial charge on any atom is -0.335 e. The number of para-hydroxylation sites is 1. The summed E-state index contributed by atoms with van der Waals surface area (Å²) < 4.78 is 2.50. The molecule has 0 aliphatic carbocycles. The van der Waals surface area contributed by atoms with Gasteiger partial charge >= 0.3 is 0 Å². The minimum absolute atomic E-state index is 0.133. The van der Waals surface area contributed by atoms with Crippen LogP contribution < -0.4 is 4.90 Å². The van der Waals surface area contributed by atoms with Crippen LogP contribution in [0.4, 0.5) is 17.1 Å². The van der Waals surface area contributed by atoms with E-state index in [0.29, 0.717) is 0 Å². The van der Waals surface area contributed by atoms with Crippen molar-refractivity contribution in [2.45, 2.75) is 26.3 Å². The molecule has 1 heterocycles. The van der Waals surface area contributed by atoms with Gasteiger partial charge in [-0.25, -0.2) is 0 Å². The molecule has 0 N–H and O–H groups in total. The molecule has 0 atom stereocenters. The molecule has 0 fully saturated rings. The fourth-order valence-electron chi connectivity index (χ4n) is 9.84. The van der Waals surface area contributed by atoms with Crippen LogP contribution in [0, 0.1) is 0 Å². The molecule has 64 heavy (non-hydrogen) atoms. The molecule has 0 spiro atoms. The molecule has 0 aliphatic heterocycles. The number of anilines is 3. The predicted octanol–water partition coefficient (Wildman–Crippen LogP) is 17.5. The topological polar surface area (TPSA) is 8.17 Å². The summed E-state index contributed by atoms with van der Waals surface area (Å²) in [5.74, 6) is 0. The number of rotatable bonds is 8. The normalized spacial score (nSPS) is 11.7. The molecule has 2 nitrogen and oxygen atoms in total. The van der Waals surface area contributed by atoms with Gasteiger partial charge in [0.25, 0.3) is 0 Å². The molecule has 306 valence electrons. The van der Waals surface area contributed by atoms with Crippen molar-refractivity contribution >= 4 is 49.6 Å². The summed E-state index contributed by atoms with van der Waals surface area (Å²) >= 11 is 0. The van der Waals surface area contributed by atoms with Crippen molar-refractivity contribution < 1.29 is 0 Å². The third-order valence-corrected chi connectivity index (χ3v) is 12.7. The second-order valence-corrected chi connectivity index (χ2v) is 17.7. The second-order valence-electron chi connectivity index (χ2n) is 17.7. The van der Waals surface area contributed by atoms with E-state index in [1.807, 2.05) is 0 Å². The lowest BCUT2D eigenvalue weighted by Crippen LogP contribution is -2.21. The van der Waals surface area contributed by atoms with Crippen molar-refractivity contribution in [3.05, 3.63) is 237 Å². The van der Waals surface area contributed by atoms with Crippen molar-refractivity contribution in [3.63, 3.8) is 0 Å². The fourth-order valence-corrected chi connectivity index (χ4v) is 9.84. The van der Waals surface area contributed by atoms with Crippen LogP contribution in [0.1, 0.15) is 20.8 Å². The smallest absolute Gasteiger partial charge is 0.0517 e. The maximum absolute atomic E-state index is 2.50. The highest BCUT2D eigenvalue weighted by atomic mass is 15.1. The van der Waals surface area contributed by atoms with Crippen molar-refractivity contribution in [2.24, 2.45) is 0 Å². The highest BCUT2D eigenvalue weighted by Crippen LogP contribution is 2.45. The predicted molar refractivity (Wildman–Crippen MR) is 274 cm³/mol. The summed E-state index contributed by atoms with van der Waals surface area (Å²) in [5, 5.41) is 5.01. The number of hydrogen-bond acceptors (Lipinski definition) is 1. The van der Waals surface area contributed by atoms with Crippen LogP contribution in [0.25, 0.3) is 88.2 Å². The first-order valence-corrected chi connectivity index (χ1v) is 22.3. The minimum atomic E-state index is -0.133. The summed E-state index contributed by atoms with van der Waals surface area (Å²) in [6.07, 6.45) is 0. The van der Waals surface area contributed by atoms with Crippen LogP contribution in [0.5, 0.6) is 0 Å². The van der Waals surface area contributed by atoms with E-state index in [2.05, 4.69) is 267 Å². The third kappa shape index (κ3) is 6.94. The van der Waals surface area contributed by atoms with E-state index in [1.165, 1.54) is 88.2 Å². The summed E-state index contributed by atoms with van der Waals surface area (Å²) in [4.78, 5) is 2.42. The average Bonchev–Trinajstić information content (AvgIpc) is 3.69. The van der Waals surface area contributed by atoms with Crippen LogP contribution in [0.3, 0.4) is 0 Å². The molecular formula is C62H48N2. The third-order valence-electron chi connectivity index (χ3n) is 12.7. The highest BCUT2D eigenvalue weighted by Gasteiger charge is 2.23. The molecule has 10 aromatic carbocycles. The van der Waals surface area contributed by atoms with E-state index >= 15 is 0 Å². The Morgan fingerprint density at radius 3 is 1.33 bits per heavy atom. The first kappa shape index (κ1) is 38.9. The lowest BCUT2D eigenvalue weighted by molar-refractivity contribution is 0.423. The van der Waals surface area contributed by atoms with E-state index in [-0.39, 0.29) is 5.54 Å². The van der Waals surface area contributed by atoms with Gasteiger partial charge in [0.05, 0.1) is 5.52 Å². The molecule has 0 saturated carbocycles. The molecule has 0 aliphatic rings. The molecule has 2 heteroatoms. The highest BCUT2D eigenvalue weighted by molar-refractivity contribution is 6.10. The Hall–Kier alpha value is -7.94. The Labute approximate surface area is 376 Å². The number of hydrogen-bond donors (Lipinski definition) is 0. The lowest BCUT2D eigenvalue weighted by Gasteiger charge is -2.28. The molecule has 0 radical (unpaired) electrons. The van der Waals surface area contributed by atoms with Gasteiger partial charge in [0.2, 0.25) is 0 Å².